The summed E-state index contributed by atoms with van der Waals surface area (Å²) >= 11 is 9.48. The molecule has 0 atom stereocenters. The summed E-state index contributed by atoms with van der Waals surface area (Å²) in [6.45, 7) is 3.89. The predicted molar refractivity (Wildman–Crippen MR) is 164 cm³/mol. The van der Waals surface area contributed by atoms with E-state index in [-0.39, 0.29) is 28.6 Å². The van der Waals surface area contributed by atoms with Crippen molar-refractivity contribution in [3.05, 3.63) is 87.0 Å². The van der Waals surface area contributed by atoms with Gasteiger partial charge in [-0.05, 0) is 98.8 Å². The molecule has 218 valence electrons. The normalized spacial score (nSPS) is 12.0. The molecule has 0 fully saturated rings. The smallest absolute Gasteiger partial charge is 0.351 e. The molecule has 0 radical (unpaired) electrons. The third-order valence-electron chi connectivity index (χ3n) is 6.43. The highest BCUT2D eigenvalue weighted by molar-refractivity contribution is 9.10. The summed E-state index contributed by atoms with van der Waals surface area (Å²) in [5.41, 5.74) is 2.26. The van der Waals surface area contributed by atoms with Crippen LogP contribution in [0.1, 0.15) is 40.9 Å². The lowest BCUT2D eigenvalue weighted by molar-refractivity contribution is 0.0945. The van der Waals surface area contributed by atoms with E-state index >= 15 is 0 Å². The van der Waals surface area contributed by atoms with Gasteiger partial charge in [0.2, 0.25) is 9.84 Å². The molecule has 0 aliphatic heterocycles. The molecule has 0 unspecified atom stereocenters. The van der Waals surface area contributed by atoms with Crippen LogP contribution in [-0.4, -0.2) is 45.4 Å². The second-order valence-electron chi connectivity index (χ2n) is 9.69. The van der Waals surface area contributed by atoms with Crippen molar-refractivity contribution in [2.75, 3.05) is 17.4 Å². The Labute approximate surface area is 252 Å². The minimum atomic E-state index is -4.46. The number of sulfone groups is 1. The first-order chi connectivity index (χ1) is 19.3. The topological polar surface area (TPSA) is 137 Å². The van der Waals surface area contributed by atoms with Crippen LogP contribution < -0.4 is 9.62 Å². The number of fused-ring (bicyclic) bond motifs is 1. The Balaban J connectivity index is 1.47. The van der Waals surface area contributed by atoms with Gasteiger partial charge in [-0.1, -0.05) is 33.6 Å². The van der Waals surface area contributed by atoms with Crippen LogP contribution in [0.15, 0.2) is 74.9 Å². The van der Waals surface area contributed by atoms with E-state index in [9.17, 15) is 26.2 Å². The summed E-state index contributed by atoms with van der Waals surface area (Å²) in [5.74, 6) is -0.588. The second-order valence-corrected chi connectivity index (χ2v) is 14.3. The molecule has 1 amide bonds. The Morgan fingerprint density at radius 2 is 1.61 bits per heavy atom. The van der Waals surface area contributed by atoms with Gasteiger partial charge in [0, 0.05) is 33.5 Å². The zero-order chi connectivity index (χ0) is 29.9. The first-order valence-electron chi connectivity index (χ1n) is 12.7. The Bertz CT molecular complexity index is 1790. The van der Waals surface area contributed by atoms with E-state index in [2.05, 4.69) is 26.2 Å². The number of nitrogens with one attached hydrogen (secondary N) is 2. The average Bonchev–Trinajstić information content (AvgIpc) is 3.27. The number of aromatic nitrogens is 1. The number of benzene rings is 3. The molecule has 0 aliphatic carbocycles. The number of halogens is 2. The number of carbonyl (C=O) groups is 1. The highest BCUT2D eigenvalue weighted by Gasteiger charge is 2.30. The number of rotatable bonds is 11. The molecular weight excluding hydrogens is 654 g/mol. The van der Waals surface area contributed by atoms with Crippen molar-refractivity contribution < 1.29 is 26.2 Å². The number of aromatic amines is 1. The summed E-state index contributed by atoms with van der Waals surface area (Å²) in [6.07, 6.45) is 1.46. The fourth-order valence-corrected chi connectivity index (χ4v) is 7.59. The van der Waals surface area contributed by atoms with Gasteiger partial charge in [-0.15, -0.1) is 0 Å². The maximum Gasteiger partial charge on any atom is 0.359 e. The lowest BCUT2D eigenvalue weighted by Crippen LogP contribution is -2.31. The molecule has 3 aromatic carbocycles. The number of nitrogens with zero attached hydrogens (tertiary/aromatic N) is 1. The van der Waals surface area contributed by atoms with Gasteiger partial charge in [0.1, 0.15) is 10.6 Å². The molecule has 1 aromatic heterocycles. The predicted octanol–water partition coefficient (Wildman–Crippen LogP) is 6.24. The van der Waals surface area contributed by atoms with Crippen LogP contribution >= 0.6 is 27.5 Å². The van der Waals surface area contributed by atoms with Crippen molar-refractivity contribution in [1.29, 1.82) is 0 Å². The van der Waals surface area contributed by atoms with Gasteiger partial charge < -0.3 is 10.3 Å². The number of hydrogen-bond donors (Lipinski definition) is 3. The minimum Gasteiger partial charge on any atom is -0.351 e. The summed E-state index contributed by atoms with van der Waals surface area (Å²) in [6, 6.07) is 16.3. The van der Waals surface area contributed by atoms with E-state index in [4.69, 9.17) is 11.6 Å². The van der Waals surface area contributed by atoms with E-state index in [0.29, 0.717) is 40.9 Å². The van der Waals surface area contributed by atoms with E-state index < -0.39 is 26.0 Å². The lowest BCUT2D eigenvalue weighted by Gasteiger charge is -2.20. The van der Waals surface area contributed by atoms with Crippen molar-refractivity contribution in [3.63, 3.8) is 0 Å². The molecule has 9 nitrogen and oxygen atoms in total. The lowest BCUT2D eigenvalue weighted by atomic mass is 10.2. The third-order valence-corrected chi connectivity index (χ3v) is 9.96. The van der Waals surface area contributed by atoms with Gasteiger partial charge in [-0.3, -0.25) is 9.35 Å². The molecule has 0 saturated carbocycles. The van der Waals surface area contributed by atoms with Crippen LogP contribution in [0.5, 0.6) is 0 Å². The summed E-state index contributed by atoms with van der Waals surface area (Å²) in [7, 11) is -8.55. The molecule has 41 heavy (non-hydrogen) atoms. The van der Waals surface area contributed by atoms with Crippen molar-refractivity contribution >= 4 is 70.2 Å². The van der Waals surface area contributed by atoms with E-state index in [1.807, 2.05) is 6.07 Å². The number of anilines is 1. The van der Waals surface area contributed by atoms with Crippen LogP contribution in [-0.2, 0) is 20.1 Å². The van der Waals surface area contributed by atoms with Gasteiger partial charge >= 0.3 is 10.3 Å². The quantitative estimate of drug-likeness (QED) is 0.127. The molecule has 0 spiro atoms. The molecule has 1 heterocycles. The Morgan fingerprint density at radius 1 is 0.951 bits per heavy atom. The first kappa shape index (κ1) is 31.0. The van der Waals surface area contributed by atoms with Gasteiger partial charge in [0.05, 0.1) is 10.6 Å². The van der Waals surface area contributed by atoms with Crippen LogP contribution in [0.3, 0.4) is 0 Å². The van der Waals surface area contributed by atoms with E-state index in [1.165, 1.54) is 6.07 Å². The molecule has 0 saturated heterocycles. The zero-order valence-corrected chi connectivity index (χ0v) is 26.3. The summed E-state index contributed by atoms with van der Waals surface area (Å²) in [4.78, 5) is 16.1. The largest absolute Gasteiger partial charge is 0.359 e. The van der Waals surface area contributed by atoms with Crippen LogP contribution in [0.25, 0.3) is 10.9 Å². The summed E-state index contributed by atoms with van der Waals surface area (Å²) in [5, 5.41) is 3.42. The van der Waals surface area contributed by atoms with Gasteiger partial charge in [-0.2, -0.15) is 8.42 Å². The molecule has 4 rings (SSSR count). The van der Waals surface area contributed by atoms with E-state index in [0.717, 1.165) is 19.9 Å². The van der Waals surface area contributed by atoms with Crippen molar-refractivity contribution in [1.82, 2.24) is 10.3 Å². The monoisotopic (exact) mass is 681 g/mol. The van der Waals surface area contributed by atoms with Crippen LogP contribution in [0.2, 0.25) is 5.02 Å². The number of carbonyl (C=O) groups excluding carboxylic acids is 1. The van der Waals surface area contributed by atoms with Crippen molar-refractivity contribution in [2.24, 2.45) is 0 Å². The Kier molecular flexibility index (Phi) is 9.49. The van der Waals surface area contributed by atoms with Crippen molar-refractivity contribution in [2.45, 2.75) is 42.9 Å². The molecule has 0 aliphatic rings. The highest BCUT2D eigenvalue weighted by Crippen LogP contribution is 2.34. The van der Waals surface area contributed by atoms with Gasteiger partial charge in [-0.25, -0.2) is 12.7 Å². The Morgan fingerprint density at radius 3 is 2.24 bits per heavy atom. The Hall–Kier alpha value is -2.90. The number of H-pyrrole nitrogens is 1. The molecule has 0 bridgehead atoms. The zero-order valence-electron chi connectivity index (χ0n) is 22.3. The van der Waals surface area contributed by atoms with Crippen LogP contribution in [0.4, 0.5) is 5.69 Å². The maximum absolute atomic E-state index is 13.8. The molecular formula is C28H29BrClN3O6S2. The van der Waals surface area contributed by atoms with Crippen molar-refractivity contribution in [3.8, 4) is 0 Å². The van der Waals surface area contributed by atoms with Gasteiger partial charge in [0.15, 0.2) is 0 Å². The number of amides is 1. The third kappa shape index (κ3) is 7.31. The standard InChI is InChI=1S/C28H29BrClN3O6S2/c1-18-14-19(2)16-23(15-18)40(35,36)27-24-17-21(30)8-11-25(24)32-26(27)28(34)31-12-4-3-5-13-33(41(37,38)39)22-9-6-20(29)7-10-22/h6-11,14-17,32H,3-5,12-13H2,1-2H3,(H,31,34)(H,37,38,39). The maximum atomic E-state index is 13.8. The molecule has 4 aromatic rings. The number of hydrogen-bond acceptors (Lipinski definition) is 5. The minimum absolute atomic E-state index is 0.0511. The number of unbranched alkanes of at least 4 members (excludes halogenated alkanes) is 2. The highest BCUT2D eigenvalue weighted by atomic mass is 79.9. The fourth-order valence-electron chi connectivity index (χ4n) is 4.62. The SMILES string of the molecule is Cc1cc(C)cc(S(=O)(=O)c2c(C(=O)NCCCCCN(c3ccc(Br)cc3)S(=O)(=O)O)[nH]c3ccc(Cl)cc23)c1. The number of aryl methyl sites for hydroxylation is 2. The summed E-state index contributed by atoms with van der Waals surface area (Å²) < 4.78 is 62.8. The average molecular weight is 683 g/mol. The first-order valence-corrected chi connectivity index (χ1v) is 16.8. The second kappa shape index (κ2) is 12.5. The fraction of sp³-hybridized carbons (Fsp3) is 0.250. The molecule has 13 heteroatoms. The van der Waals surface area contributed by atoms with E-state index in [1.54, 1.807) is 62.4 Å². The molecule has 3 N–H and O–H groups in total. The van der Waals surface area contributed by atoms with Crippen LogP contribution in [0, 0.1) is 13.8 Å². The van der Waals surface area contributed by atoms with Gasteiger partial charge in [0.25, 0.3) is 5.91 Å².